The van der Waals surface area contributed by atoms with Crippen LogP contribution in [-0.4, -0.2) is 16.1 Å². The summed E-state index contributed by atoms with van der Waals surface area (Å²) in [6, 6.07) is 5.21. The van der Waals surface area contributed by atoms with Crippen LogP contribution in [0.3, 0.4) is 0 Å². The quantitative estimate of drug-likeness (QED) is 0.911. The number of aromatic nitrogens is 1. The van der Waals surface area contributed by atoms with E-state index in [4.69, 9.17) is 9.84 Å². The average molecular weight is 251 g/mol. The SMILES string of the molecule is O=C(O)c1ccnc(Oc2ccc(F)cc2F)c1. The second-order valence-electron chi connectivity index (χ2n) is 3.36. The van der Waals surface area contributed by atoms with Gasteiger partial charge in [-0.05, 0) is 18.2 Å². The minimum Gasteiger partial charge on any atom is -0.478 e. The van der Waals surface area contributed by atoms with Gasteiger partial charge in [0.25, 0.3) is 0 Å². The number of nitrogens with zero attached hydrogens (tertiary/aromatic N) is 1. The number of hydrogen-bond donors (Lipinski definition) is 1. The average Bonchev–Trinajstić information content (AvgIpc) is 2.33. The Morgan fingerprint density at radius 1 is 1.22 bits per heavy atom. The van der Waals surface area contributed by atoms with Crippen LogP contribution in [0.1, 0.15) is 10.4 Å². The first-order valence-electron chi connectivity index (χ1n) is 4.88. The fourth-order valence-electron chi connectivity index (χ4n) is 1.27. The zero-order valence-corrected chi connectivity index (χ0v) is 8.93. The van der Waals surface area contributed by atoms with Crippen LogP contribution >= 0.6 is 0 Å². The van der Waals surface area contributed by atoms with Crippen molar-refractivity contribution in [3.05, 3.63) is 53.7 Å². The molecule has 0 fully saturated rings. The molecule has 18 heavy (non-hydrogen) atoms. The molecule has 0 saturated heterocycles. The third-order valence-electron chi connectivity index (χ3n) is 2.09. The third kappa shape index (κ3) is 2.60. The molecule has 0 radical (unpaired) electrons. The van der Waals surface area contributed by atoms with Crippen molar-refractivity contribution in [2.45, 2.75) is 0 Å². The molecule has 6 heteroatoms. The van der Waals surface area contributed by atoms with Crippen molar-refractivity contribution in [3.63, 3.8) is 0 Å². The van der Waals surface area contributed by atoms with Crippen molar-refractivity contribution in [2.75, 3.05) is 0 Å². The molecule has 1 N–H and O–H groups in total. The summed E-state index contributed by atoms with van der Waals surface area (Å²) in [6.45, 7) is 0. The lowest BCUT2D eigenvalue weighted by atomic mass is 10.3. The Bertz CT molecular complexity index is 602. The normalized spacial score (nSPS) is 10.1. The largest absolute Gasteiger partial charge is 0.478 e. The fraction of sp³-hybridized carbons (Fsp3) is 0. The lowest BCUT2D eigenvalue weighted by Crippen LogP contribution is -1.98. The van der Waals surface area contributed by atoms with E-state index >= 15 is 0 Å². The summed E-state index contributed by atoms with van der Waals surface area (Å²) in [5, 5.41) is 8.76. The van der Waals surface area contributed by atoms with Gasteiger partial charge in [0.2, 0.25) is 5.88 Å². The number of aromatic carboxylic acids is 1. The molecule has 0 amide bonds. The molecular weight excluding hydrogens is 244 g/mol. The summed E-state index contributed by atoms with van der Waals surface area (Å²) < 4.78 is 31.0. The topological polar surface area (TPSA) is 59.4 Å². The van der Waals surface area contributed by atoms with Crippen LogP contribution in [0, 0.1) is 11.6 Å². The summed E-state index contributed by atoms with van der Waals surface area (Å²) in [4.78, 5) is 14.4. The van der Waals surface area contributed by atoms with Gasteiger partial charge in [-0.1, -0.05) is 0 Å². The molecular formula is C12H7F2NO3. The van der Waals surface area contributed by atoms with Crippen molar-refractivity contribution in [1.82, 2.24) is 4.98 Å². The second-order valence-corrected chi connectivity index (χ2v) is 3.36. The summed E-state index contributed by atoms with van der Waals surface area (Å²) >= 11 is 0. The van der Waals surface area contributed by atoms with Crippen molar-refractivity contribution in [2.24, 2.45) is 0 Å². The number of benzene rings is 1. The zero-order valence-electron chi connectivity index (χ0n) is 8.93. The fourth-order valence-corrected chi connectivity index (χ4v) is 1.27. The van der Waals surface area contributed by atoms with Crippen LogP contribution in [0.25, 0.3) is 0 Å². The van der Waals surface area contributed by atoms with Gasteiger partial charge in [0, 0.05) is 18.3 Å². The molecule has 0 bridgehead atoms. The third-order valence-corrected chi connectivity index (χ3v) is 2.09. The Kier molecular flexibility index (Phi) is 3.18. The summed E-state index contributed by atoms with van der Waals surface area (Å²) in [5.41, 5.74) is -0.0393. The molecule has 2 aromatic rings. The lowest BCUT2D eigenvalue weighted by Gasteiger charge is -2.06. The predicted octanol–water partition coefficient (Wildman–Crippen LogP) is 2.85. The van der Waals surface area contributed by atoms with Crippen LogP contribution in [0.5, 0.6) is 11.6 Å². The van der Waals surface area contributed by atoms with E-state index in [0.29, 0.717) is 6.07 Å². The van der Waals surface area contributed by atoms with Gasteiger partial charge >= 0.3 is 5.97 Å². The highest BCUT2D eigenvalue weighted by molar-refractivity contribution is 5.87. The summed E-state index contributed by atoms with van der Waals surface area (Å²) in [5.74, 6) is -3.08. The molecule has 0 saturated carbocycles. The standard InChI is InChI=1S/C12H7F2NO3/c13-8-1-2-10(9(14)6-8)18-11-5-7(12(16)17)3-4-15-11/h1-6H,(H,16,17). The number of carbonyl (C=O) groups is 1. The van der Waals surface area contributed by atoms with Crippen molar-refractivity contribution >= 4 is 5.97 Å². The van der Waals surface area contributed by atoms with Crippen LogP contribution in [0.4, 0.5) is 8.78 Å². The molecule has 92 valence electrons. The van der Waals surface area contributed by atoms with Gasteiger partial charge in [-0.15, -0.1) is 0 Å². The van der Waals surface area contributed by atoms with E-state index in [1.807, 2.05) is 0 Å². The molecule has 0 aliphatic carbocycles. The maximum absolute atomic E-state index is 13.3. The Morgan fingerprint density at radius 3 is 2.67 bits per heavy atom. The Hall–Kier alpha value is -2.50. The molecule has 1 aromatic heterocycles. The molecule has 0 atom stereocenters. The maximum atomic E-state index is 13.3. The van der Waals surface area contributed by atoms with Gasteiger partial charge in [-0.2, -0.15) is 0 Å². The van der Waals surface area contributed by atoms with E-state index in [-0.39, 0.29) is 17.2 Å². The highest BCUT2D eigenvalue weighted by Gasteiger charge is 2.09. The van der Waals surface area contributed by atoms with Gasteiger partial charge < -0.3 is 9.84 Å². The van der Waals surface area contributed by atoms with Crippen molar-refractivity contribution in [3.8, 4) is 11.6 Å². The van der Waals surface area contributed by atoms with Crippen LogP contribution in [0.15, 0.2) is 36.5 Å². The van der Waals surface area contributed by atoms with Crippen LogP contribution in [0.2, 0.25) is 0 Å². The van der Waals surface area contributed by atoms with E-state index in [2.05, 4.69) is 4.98 Å². The second kappa shape index (κ2) is 4.79. The van der Waals surface area contributed by atoms with Crippen LogP contribution < -0.4 is 4.74 Å². The smallest absolute Gasteiger partial charge is 0.335 e. The van der Waals surface area contributed by atoms with Crippen molar-refractivity contribution < 1.29 is 23.4 Å². The highest BCUT2D eigenvalue weighted by Crippen LogP contribution is 2.23. The minimum atomic E-state index is -1.15. The van der Waals surface area contributed by atoms with Crippen LogP contribution in [-0.2, 0) is 0 Å². The van der Waals surface area contributed by atoms with Gasteiger partial charge in [0.05, 0.1) is 5.56 Å². The molecule has 0 aliphatic heterocycles. The molecule has 1 aromatic carbocycles. The van der Waals surface area contributed by atoms with E-state index in [1.54, 1.807) is 0 Å². The van der Waals surface area contributed by atoms with E-state index in [9.17, 15) is 13.6 Å². The van der Waals surface area contributed by atoms with E-state index in [1.165, 1.54) is 12.3 Å². The summed E-state index contributed by atoms with van der Waals surface area (Å²) in [6.07, 6.45) is 1.22. The molecule has 0 aliphatic rings. The number of rotatable bonds is 3. The number of carboxylic acid groups (broad SMARTS) is 1. The van der Waals surface area contributed by atoms with Gasteiger partial charge in [-0.3, -0.25) is 0 Å². The molecule has 1 heterocycles. The first-order valence-corrected chi connectivity index (χ1v) is 4.88. The van der Waals surface area contributed by atoms with Gasteiger partial charge in [0.1, 0.15) is 5.82 Å². The zero-order chi connectivity index (χ0) is 13.1. The maximum Gasteiger partial charge on any atom is 0.335 e. The number of carboxylic acids is 1. The molecule has 0 spiro atoms. The molecule has 2 rings (SSSR count). The van der Waals surface area contributed by atoms with Gasteiger partial charge in [-0.25, -0.2) is 18.6 Å². The summed E-state index contributed by atoms with van der Waals surface area (Å²) in [7, 11) is 0. The minimum absolute atomic E-state index is 0.0393. The highest BCUT2D eigenvalue weighted by atomic mass is 19.1. The van der Waals surface area contributed by atoms with Crippen molar-refractivity contribution in [1.29, 1.82) is 0 Å². The monoisotopic (exact) mass is 251 g/mol. The lowest BCUT2D eigenvalue weighted by molar-refractivity contribution is 0.0696. The number of pyridine rings is 1. The van der Waals surface area contributed by atoms with E-state index < -0.39 is 17.6 Å². The Labute approximate surface area is 100 Å². The first kappa shape index (κ1) is 12.0. The number of ether oxygens (including phenoxy) is 1. The van der Waals surface area contributed by atoms with Gasteiger partial charge in [0.15, 0.2) is 11.6 Å². The number of hydrogen-bond acceptors (Lipinski definition) is 3. The van der Waals surface area contributed by atoms with E-state index in [0.717, 1.165) is 18.2 Å². The number of halogens is 2. The Balaban J connectivity index is 2.28. The first-order chi connectivity index (χ1) is 8.56. The molecule has 0 unspecified atom stereocenters. The predicted molar refractivity (Wildman–Crippen MR) is 57.6 cm³/mol. The molecule has 4 nitrogen and oxygen atoms in total. The Morgan fingerprint density at radius 2 is 2.00 bits per heavy atom.